The van der Waals surface area contributed by atoms with Crippen LogP contribution in [0.4, 0.5) is 0 Å². The maximum Gasteiger partial charge on any atom is 0.244 e. The molecule has 1 amide bonds. The van der Waals surface area contributed by atoms with Crippen molar-refractivity contribution >= 4 is 30.7 Å². The monoisotopic (exact) mass is 308 g/mol. The van der Waals surface area contributed by atoms with Gasteiger partial charge >= 0.3 is 0 Å². The molecule has 1 saturated heterocycles. The summed E-state index contributed by atoms with van der Waals surface area (Å²) in [4.78, 5) is 14.2. The molecule has 2 heterocycles. The van der Waals surface area contributed by atoms with Gasteiger partial charge in [0.15, 0.2) is 0 Å². The Morgan fingerprint density at radius 2 is 2.32 bits per heavy atom. The van der Waals surface area contributed by atoms with Gasteiger partial charge in [-0.25, -0.2) is 0 Å². The number of halogens is 2. The first-order valence-corrected chi connectivity index (χ1v) is 6.29. The molecule has 0 radical (unpaired) electrons. The summed E-state index contributed by atoms with van der Waals surface area (Å²) in [7, 11) is 0. The van der Waals surface area contributed by atoms with Gasteiger partial charge < -0.3 is 10.2 Å². The molecular formula is C12H22Cl2N4O. The third-order valence-corrected chi connectivity index (χ3v) is 3.12. The van der Waals surface area contributed by atoms with Crippen molar-refractivity contribution in [2.75, 3.05) is 19.6 Å². The van der Waals surface area contributed by atoms with Crippen LogP contribution in [-0.4, -0.2) is 46.3 Å². The van der Waals surface area contributed by atoms with Crippen molar-refractivity contribution in [3.63, 3.8) is 0 Å². The smallest absolute Gasteiger partial charge is 0.244 e. The van der Waals surface area contributed by atoms with E-state index in [1.54, 1.807) is 10.9 Å². The first kappa shape index (κ1) is 18.2. The van der Waals surface area contributed by atoms with Gasteiger partial charge in [-0.05, 0) is 25.5 Å². The molecule has 1 atom stereocenters. The van der Waals surface area contributed by atoms with E-state index < -0.39 is 0 Å². The minimum Gasteiger partial charge on any atom is -0.337 e. The van der Waals surface area contributed by atoms with Crippen LogP contribution in [-0.2, 0) is 11.3 Å². The Labute approximate surface area is 126 Å². The normalized spacial score (nSPS) is 17.4. The number of aromatic nitrogens is 2. The largest absolute Gasteiger partial charge is 0.337 e. The first-order valence-electron chi connectivity index (χ1n) is 6.29. The predicted octanol–water partition coefficient (Wildman–Crippen LogP) is 1.33. The lowest BCUT2D eigenvalue weighted by molar-refractivity contribution is -0.134. The number of nitrogens with one attached hydrogen (secondary N) is 1. The summed E-state index contributed by atoms with van der Waals surface area (Å²) in [6, 6.07) is 2.20. The summed E-state index contributed by atoms with van der Waals surface area (Å²) >= 11 is 0. The highest BCUT2D eigenvalue weighted by molar-refractivity contribution is 5.85. The molecule has 19 heavy (non-hydrogen) atoms. The fourth-order valence-electron chi connectivity index (χ4n) is 2.28. The van der Waals surface area contributed by atoms with Gasteiger partial charge in [0.1, 0.15) is 6.54 Å². The van der Waals surface area contributed by atoms with Crippen LogP contribution in [0.3, 0.4) is 0 Å². The average molecular weight is 309 g/mol. The molecule has 1 aliphatic heterocycles. The van der Waals surface area contributed by atoms with E-state index in [9.17, 15) is 4.79 Å². The average Bonchev–Trinajstić information content (AvgIpc) is 2.97. The van der Waals surface area contributed by atoms with Crippen LogP contribution in [0, 0.1) is 0 Å². The summed E-state index contributed by atoms with van der Waals surface area (Å²) < 4.78 is 1.69. The lowest BCUT2D eigenvalue weighted by Gasteiger charge is -2.28. The summed E-state index contributed by atoms with van der Waals surface area (Å²) in [6.07, 6.45) is 5.59. The molecular weight excluding hydrogens is 287 g/mol. The zero-order valence-electron chi connectivity index (χ0n) is 11.1. The number of carbonyl (C=O) groups excluding carboxylic acids is 1. The van der Waals surface area contributed by atoms with Crippen molar-refractivity contribution in [3.8, 4) is 0 Å². The van der Waals surface area contributed by atoms with E-state index in [1.165, 1.54) is 0 Å². The van der Waals surface area contributed by atoms with E-state index in [0.29, 0.717) is 12.6 Å². The number of nitrogens with zero attached hydrogens (tertiary/aromatic N) is 3. The molecule has 0 aromatic carbocycles. The number of carbonyl (C=O) groups is 1. The lowest BCUT2D eigenvalue weighted by atomic mass is 10.2. The van der Waals surface area contributed by atoms with Crippen LogP contribution < -0.4 is 5.32 Å². The fourth-order valence-corrected chi connectivity index (χ4v) is 2.28. The van der Waals surface area contributed by atoms with Gasteiger partial charge in [0.2, 0.25) is 5.91 Å². The Bertz CT molecular complexity index is 353. The third kappa shape index (κ3) is 5.01. The Balaban J connectivity index is 0.00000162. The molecule has 0 saturated carbocycles. The van der Waals surface area contributed by atoms with Crippen LogP contribution >= 0.6 is 24.8 Å². The van der Waals surface area contributed by atoms with E-state index in [1.807, 2.05) is 17.2 Å². The summed E-state index contributed by atoms with van der Waals surface area (Å²) in [5, 5.41) is 7.39. The summed E-state index contributed by atoms with van der Waals surface area (Å²) in [5.41, 5.74) is 0. The number of hydrogen-bond acceptors (Lipinski definition) is 3. The molecule has 1 fully saturated rings. The number of hydrogen-bond donors (Lipinski definition) is 1. The van der Waals surface area contributed by atoms with Crippen LogP contribution in [0.1, 0.15) is 19.8 Å². The van der Waals surface area contributed by atoms with Crippen molar-refractivity contribution in [2.24, 2.45) is 0 Å². The zero-order valence-corrected chi connectivity index (χ0v) is 12.8. The second-order valence-corrected chi connectivity index (χ2v) is 4.44. The molecule has 2 rings (SSSR count). The third-order valence-electron chi connectivity index (χ3n) is 3.12. The van der Waals surface area contributed by atoms with Crippen LogP contribution in [0.5, 0.6) is 0 Å². The van der Waals surface area contributed by atoms with E-state index >= 15 is 0 Å². The highest BCUT2D eigenvalue weighted by atomic mass is 35.5. The highest BCUT2D eigenvalue weighted by Crippen LogP contribution is 2.10. The quantitative estimate of drug-likeness (QED) is 0.893. The zero-order chi connectivity index (χ0) is 12.1. The highest BCUT2D eigenvalue weighted by Gasteiger charge is 2.25. The van der Waals surface area contributed by atoms with Crippen LogP contribution in [0.15, 0.2) is 18.5 Å². The van der Waals surface area contributed by atoms with Crippen LogP contribution in [0.25, 0.3) is 0 Å². The Kier molecular flexibility index (Phi) is 8.80. The Morgan fingerprint density at radius 1 is 1.53 bits per heavy atom. The van der Waals surface area contributed by atoms with E-state index in [4.69, 9.17) is 0 Å². The van der Waals surface area contributed by atoms with Crippen molar-refractivity contribution in [2.45, 2.75) is 32.4 Å². The molecule has 5 nitrogen and oxygen atoms in total. The lowest BCUT2D eigenvalue weighted by Crippen LogP contribution is -2.43. The molecule has 1 N–H and O–H groups in total. The van der Waals surface area contributed by atoms with E-state index in [-0.39, 0.29) is 30.7 Å². The molecule has 110 valence electrons. The molecule has 1 aliphatic rings. The second-order valence-electron chi connectivity index (χ2n) is 4.44. The van der Waals surface area contributed by atoms with Gasteiger partial charge in [0.25, 0.3) is 0 Å². The molecule has 0 spiro atoms. The first-order chi connectivity index (χ1) is 8.31. The molecule has 0 bridgehead atoms. The van der Waals surface area contributed by atoms with Crippen molar-refractivity contribution < 1.29 is 4.79 Å². The van der Waals surface area contributed by atoms with E-state index in [2.05, 4.69) is 17.3 Å². The van der Waals surface area contributed by atoms with Gasteiger partial charge in [-0.2, -0.15) is 5.10 Å². The maximum atomic E-state index is 12.2. The topological polar surface area (TPSA) is 50.2 Å². The van der Waals surface area contributed by atoms with Crippen LogP contribution in [0.2, 0.25) is 0 Å². The van der Waals surface area contributed by atoms with Gasteiger partial charge in [-0.15, -0.1) is 24.8 Å². The molecule has 0 aliphatic carbocycles. The number of amides is 1. The minimum atomic E-state index is 0. The molecule has 1 aromatic heterocycles. The second kappa shape index (κ2) is 9.18. The maximum absolute atomic E-state index is 12.2. The van der Waals surface area contributed by atoms with Crippen molar-refractivity contribution in [1.29, 1.82) is 0 Å². The van der Waals surface area contributed by atoms with Crippen molar-refractivity contribution in [3.05, 3.63) is 18.5 Å². The molecule has 1 aromatic rings. The molecule has 7 heteroatoms. The SMILES string of the molecule is CCCN(C(=O)Cn1cccn1)C1CCNC1.Cl.Cl. The van der Waals surface area contributed by atoms with Gasteiger partial charge in [0.05, 0.1) is 0 Å². The Hall–Kier alpha value is -0.780. The van der Waals surface area contributed by atoms with Crippen molar-refractivity contribution in [1.82, 2.24) is 20.0 Å². The fraction of sp³-hybridized carbons (Fsp3) is 0.667. The summed E-state index contributed by atoms with van der Waals surface area (Å²) in [6.45, 7) is 5.23. The van der Waals surface area contributed by atoms with E-state index in [0.717, 1.165) is 32.5 Å². The van der Waals surface area contributed by atoms with Gasteiger partial charge in [-0.3, -0.25) is 9.48 Å². The Morgan fingerprint density at radius 3 is 2.84 bits per heavy atom. The molecule has 1 unspecified atom stereocenters. The summed E-state index contributed by atoms with van der Waals surface area (Å²) in [5.74, 6) is 0.171. The number of rotatable bonds is 5. The van der Waals surface area contributed by atoms with Gasteiger partial charge in [0, 0.05) is 31.5 Å². The minimum absolute atomic E-state index is 0. The van der Waals surface area contributed by atoms with Gasteiger partial charge in [-0.1, -0.05) is 6.92 Å². The standard InChI is InChI=1S/C12H20N4O.2ClH/c1-2-7-16(11-4-6-13-9-11)12(17)10-15-8-3-5-14-15;;/h3,5,8,11,13H,2,4,6-7,9-10H2,1H3;2*1H. The predicted molar refractivity (Wildman–Crippen MR) is 80.0 cm³/mol.